The van der Waals surface area contributed by atoms with E-state index in [1.165, 1.54) is 15.6 Å². The molecule has 0 bridgehead atoms. The number of hydrogen-bond acceptors (Lipinski definition) is 5. The molecule has 1 aliphatic heterocycles. The molecule has 1 aliphatic rings. The van der Waals surface area contributed by atoms with E-state index in [0.717, 1.165) is 0 Å². The van der Waals surface area contributed by atoms with Crippen LogP contribution in [-0.4, -0.2) is 44.1 Å². The molecule has 2 rings (SSSR count). The van der Waals surface area contributed by atoms with Crippen molar-refractivity contribution in [1.82, 2.24) is 4.31 Å². The molecule has 0 aliphatic carbocycles. The Kier molecular flexibility index (Phi) is 4.08. The van der Waals surface area contributed by atoms with Crippen molar-refractivity contribution in [2.24, 2.45) is 0 Å². The van der Waals surface area contributed by atoms with Gasteiger partial charge in [-0.2, -0.15) is 4.31 Å². The highest BCUT2D eigenvalue weighted by Gasteiger charge is 2.33. The molecule has 18 heavy (non-hydrogen) atoms. The number of aliphatic hydroxyl groups is 1. The van der Waals surface area contributed by atoms with Crippen molar-refractivity contribution in [2.45, 2.75) is 30.9 Å². The van der Waals surface area contributed by atoms with Gasteiger partial charge in [-0.05, 0) is 24.3 Å². The van der Waals surface area contributed by atoms with Gasteiger partial charge in [-0.25, -0.2) is 8.42 Å². The smallest absolute Gasteiger partial charge is 0.244 e. The third kappa shape index (κ3) is 2.33. The molecular formula is C11H17NO4S2. The van der Waals surface area contributed by atoms with Crippen molar-refractivity contribution in [1.29, 1.82) is 0 Å². The van der Waals surface area contributed by atoms with Crippen LogP contribution in [0.3, 0.4) is 0 Å². The maximum atomic E-state index is 12.5. The zero-order valence-corrected chi connectivity index (χ0v) is 12.1. The van der Waals surface area contributed by atoms with E-state index in [9.17, 15) is 13.5 Å². The lowest BCUT2D eigenvalue weighted by atomic mass is 10.3. The summed E-state index contributed by atoms with van der Waals surface area (Å²) in [6.45, 7) is 2.54. The number of aliphatic hydroxyl groups excluding tert-OH is 1. The minimum absolute atomic E-state index is 0.110. The van der Waals surface area contributed by atoms with Gasteiger partial charge in [-0.3, -0.25) is 0 Å². The topological polar surface area (TPSA) is 66.8 Å². The average molecular weight is 291 g/mol. The van der Waals surface area contributed by atoms with Crippen molar-refractivity contribution >= 4 is 21.4 Å². The highest BCUT2D eigenvalue weighted by atomic mass is 32.2. The highest BCUT2D eigenvalue weighted by Crippen LogP contribution is 2.30. The Morgan fingerprint density at radius 1 is 1.61 bits per heavy atom. The van der Waals surface area contributed by atoms with Gasteiger partial charge in [-0.1, -0.05) is 0 Å². The number of hydrogen-bond donors (Lipinski definition) is 1. The molecule has 0 spiro atoms. The summed E-state index contributed by atoms with van der Waals surface area (Å²) in [7, 11) is -1.97. The van der Waals surface area contributed by atoms with Gasteiger partial charge in [0.1, 0.15) is 4.90 Å². The van der Waals surface area contributed by atoms with Crippen LogP contribution in [0, 0.1) is 6.92 Å². The number of aryl methyl sites for hydroxylation is 1. The van der Waals surface area contributed by atoms with Crippen LogP contribution in [0.25, 0.3) is 0 Å². The third-order valence-electron chi connectivity index (χ3n) is 3.19. The van der Waals surface area contributed by atoms with Gasteiger partial charge in [0.25, 0.3) is 0 Å². The molecule has 5 nitrogen and oxygen atoms in total. The molecule has 1 aromatic heterocycles. The van der Waals surface area contributed by atoms with Crippen molar-refractivity contribution in [3.8, 4) is 0 Å². The van der Waals surface area contributed by atoms with Gasteiger partial charge in [0, 0.05) is 13.7 Å². The first-order chi connectivity index (χ1) is 8.48. The zero-order valence-electron chi connectivity index (χ0n) is 10.4. The Labute approximate surface area is 111 Å². The van der Waals surface area contributed by atoms with Crippen LogP contribution < -0.4 is 0 Å². The summed E-state index contributed by atoms with van der Waals surface area (Å²) in [4.78, 5) is 0.752. The molecule has 0 saturated carbocycles. The number of nitrogens with zero attached hydrogens (tertiary/aromatic N) is 1. The Morgan fingerprint density at radius 3 is 2.89 bits per heavy atom. The Morgan fingerprint density at radius 2 is 2.33 bits per heavy atom. The zero-order chi connectivity index (χ0) is 13.3. The Bertz CT molecular complexity index is 517. The molecule has 1 atom stereocenters. The summed E-state index contributed by atoms with van der Waals surface area (Å²) in [6, 6.07) is -0.110. The molecule has 1 aromatic rings. The molecule has 1 saturated heterocycles. The first-order valence-corrected chi connectivity index (χ1v) is 8.04. The molecule has 2 heterocycles. The Balaban J connectivity index is 2.37. The van der Waals surface area contributed by atoms with Gasteiger partial charge >= 0.3 is 0 Å². The van der Waals surface area contributed by atoms with Crippen LogP contribution in [0.2, 0.25) is 0 Å². The van der Waals surface area contributed by atoms with Gasteiger partial charge in [0.15, 0.2) is 0 Å². The molecule has 0 amide bonds. The largest absolute Gasteiger partial charge is 0.391 e. The monoisotopic (exact) mass is 291 g/mol. The van der Waals surface area contributed by atoms with Gasteiger partial charge in [-0.15, -0.1) is 11.3 Å². The first-order valence-electron chi connectivity index (χ1n) is 5.72. The fraction of sp³-hybridized carbons (Fsp3) is 0.636. The molecular weight excluding hydrogens is 274 g/mol. The summed E-state index contributed by atoms with van der Waals surface area (Å²) in [5.41, 5.74) is 0.690. The van der Waals surface area contributed by atoms with E-state index in [1.807, 2.05) is 0 Å². The van der Waals surface area contributed by atoms with Crippen molar-refractivity contribution in [3.05, 3.63) is 15.8 Å². The summed E-state index contributed by atoms with van der Waals surface area (Å²) < 4.78 is 31.7. The standard InChI is InChI=1S/C11H17NO4S2/c1-8-7-17-10(5-13)11(8)18(14,15)12(2)9-3-4-16-6-9/h7,9,13H,3-6H2,1-2H3. The van der Waals surface area contributed by atoms with E-state index in [2.05, 4.69) is 0 Å². The van der Waals surface area contributed by atoms with Gasteiger partial charge in [0.05, 0.1) is 24.1 Å². The number of thiophene rings is 1. The number of ether oxygens (including phenoxy) is 1. The fourth-order valence-electron chi connectivity index (χ4n) is 2.09. The minimum Gasteiger partial charge on any atom is -0.391 e. The molecule has 0 aromatic carbocycles. The van der Waals surface area contributed by atoms with Crippen LogP contribution in [0.15, 0.2) is 10.3 Å². The summed E-state index contributed by atoms with van der Waals surface area (Å²) >= 11 is 1.28. The minimum atomic E-state index is -3.55. The summed E-state index contributed by atoms with van der Waals surface area (Å²) in [5, 5.41) is 11.0. The number of sulfonamides is 1. The number of rotatable bonds is 4. The van der Waals surface area contributed by atoms with Gasteiger partial charge < -0.3 is 9.84 Å². The van der Waals surface area contributed by atoms with E-state index in [4.69, 9.17) is 4.74 Å². The van der Waals surface area contributed by atoms with Gasteiger partial charge in [0.2, 0.25) is 10.0 Å². The fourth-order valence-corrected chi connectivity index (χ4v) is 5.07. The lowest BCUT2D eigenvalue weighted by Crippen LogP contribution is -2.37. The number of likely N-dealkylation sites (N-methyl/N-ethyl adjacent to an activating group) is 1. The molecule has 1 N–H and O–H groups in total. The maximum Gasteiger partial charge on any atom is 0.244 e. The Hall–Kier alpha value is -0.470. The lowest BCUT2D eigenvalue weighted by molar-refractivity contribution is 0.181. The third-order valence-corrected chi connectivity index (χ3v) is 6.55. The second-order valence-corrected chi connectivity index (χ2v) is 7.27. The van der Waals surface area contributed by atoms with E-state index in [0.29, 0.717) is 30.1 Å². The van der Waals surface area contributed by atoms with Crippen LogP contribution in [-0.2, 0) is 21.4 Å². The molecule has 1 unspecified atom stereocenters. The summed E-state index contributed by atoms with van der Waals surface area (Å²) in [5.74, 6) is 0. The molecule has 102 valence electrons. The molecule has 7 heteroatoms. The van der Waals surface area contributed by atoms with Crippen molar-refractivity contribution in [2.75, 3.05) is 20.3 Å². The maximum absolute atomic E-state index is 12.5. The van der Waals surface area contributed by atoms with Crippen LogP contribution in [0.5, 0.6) is 0 Å². The lowest BCUT2D eigenvalue weighted by Gasteiger charge is -2.23. The van der Waals surface area contributed by atoms with Crippen LogP contribution in [0.1, 0.15) is 16.9 Å². The second-order valence-electron chi connectivity index (χ2n) is 4.37. The van der Waals surface area contributed by atoms with Crippen LogP contribution >= 0.6 is 11.3 Å². The molecule has 1 fully saturated rings. The van der Waals surface area contributed by atoms with E-state index < -0.39 is 10.0 Å². The first kappa shape index (κ1) is 14.0. The average Bonchev–Trinajstić information content (AvgIpc) is 2.96. The predicted octanol–water partition coefficient (Wildman–Crippen LogP) is 0.958. The van der Waals surface area contributed by atoms with E-state index >= 15 is 0 Å². The quantitative estimate of drug-likeness (QED) is 0.897. The van der Waals surface area contributed by atoms with E-state index in [-0.39, 0.29) is 17.5 Å². The summed E-state index contributed by atoms with van der Waals surface area (Å²) in [6.07, 6.45) is 0.716. The van der Waals surface area contributed by atoms with Crippen molar-refractivity contribution in [3.63, 3.8) is 0 Å². The molecule has 0 radical (unpaired) electrons. The van der Waals surface area contributed by atoms with Crippen LogP contribution in [0.4, 0.5) is 0 Å². The predicted molar refractivity (Wildman–Crippen MR) is 69.2 cm³/mol. The normalized spacial score (nSPS) is 20.8. The second kappa shape index (κ2) is 5.26. The SMILES string of the molecule is Cc1csc(CO)c1S(=O)(=O)N(C)C1CCOC1. The van der Waals surface area contributed by atoms with E-state index in [1.54, 1.807) is 19.4 Å². The highest BCUT2D eigenvalue weighted by molar-refractivity contribution is 7.89. The van der Waals surface area contributed by atoms with Crippen molar-refractivity contribution < 1.29 is 18.3 Å².